The Morgan fingerprint density at radius 2 is 2.14 bits per heavy atom. The standard InChI is InChI=1S/C21H22F3N7O5/c1-33-15-3-2-12-6-16(15)34-5-4-31-7-13(27-29-31)11-35-17-9-30(8-14(17)25-19(12)32)10-18-26-20(28-36-18)21(22,23)24/h2-3,6-7,14,17H,4-5,8-11H2,1H3,(H,25,32)/t14-,17-/m0/s1. The van der Waals surface area contributed by atoms with Gasteiger partial charge in [0.05, 0.1) is 45.1 Å². The molecule has 1 amide bonds. The fraction of sp³-hybridized carbons (Fsp3) is 0.476. The van der Waals surface area contributed by atoms with Crippen LogP contribution in [0, 0.1) is 0 Å². The molecule has 3 aromatic rings. The number of rotatable bonds is 3. The van der Waals surface area contributed by atoms with Crippen LogP contribution < -0.4 is 14.8 Å². The Labute approximate surface area is 202 Å². The molecule has 5 rings (SSSR count). The van der Waals surface area contributed by atoms with Gasteiger partial charge in [-0.1, -0.05) is 10.4 Å². The smallest absolute Gasteiger partial charge is 0.455 e. The summed E-state index contributed by atoms with van der Waals surface area (Å²) in [5.74, 6) is -1.01. The lowest BCUT2D eigenvalue weighted by atomic mass is 10.1. The number of aromatic nitrogens is 5. The van der Waals surface area contributed by atoms with Gasteiger partial charge in [0.2, 0.25) is 5.89 Å². The van der Waals surface area contributed by atoms with Gasteiger partial charge in [0, 0.05) is 18.7 Å². The van der Waals surface area contributed by atoms with Crippen LogP contribution in [0.3, 0.4) is 0 Å². The SMILES string of the molecule is COc1ccc2cc1OCCn1cc(nn1)CO[C@H]1CN(Cc3nc(C(F)(F)F)no3)C[C@@H]1NC2=O. The number of halogens is 3. The predicted octanol–water partition coefficient (Wildman–Crippen LogP) is 1.28. The van der Waals surface area contributed by atoms with Crippen molar-refractivity contribution in [1.29, 1.82) is 0 Å². The molecule has 2 aliphatic heterocycles. The van der Waals surface area contributed by atoms with Crippen LogP contribution in [0.5, 0.6) is 11.5 Å². The number of fused-ring (bicyclic) bond motifs is 5. The zero-order valence-corrected chi connectivity index (χ0v) is 19.1. The predicted molar refractivity (Wildman–Crippen MR) is 113 cm³/mol. The molecule has 0 aliphatic carbocycles. The molecule has 1 N–H and O–H groups in total. The number of hydrogen-bond donors (Lipinski definition) is 1. The highest BCUT2D eigenvalue weighted by molar-refractivity contribution is 5.95. The number of likely N-dealkylation sites (tertiary alicyclic amines) is 1. The van der Waals surface area contributed by atoms with Crippen molar-refractivity contribution in [1.82, 2.24) is 35.4 Å². The highest BCUT2D eigenvalue weighted by Gasteiger charge is 2.39. The monoisotopic (exact) mass is 509 g/mol. The van der Waals surface area contributed by atoms with Crippen LogP contribution in [0.15, 0.2) is 28.9 Å². The third-order valence-corrected chi connectivity index (χ3v) is 5.77. The molecule has 1 aromatic carbocycles. The first-order chi connectivity index (χ1) is 17.3. The van der Waals surface area contributed by atoms with E-state index >= 15 is 0 Å². The number of carbonyl (C=O) groups is 1. The largest absolute Gasteiger partial charge is 0.493 e. The lowest BCUT2D eigenvalue weighted by molar-refractivity contribution is -0.146. The van der Waals surface area contributed by atoms with Gasteiger partial charge in [-0.25, -0.2) is 4.68 Å². The van der Waals surface area contributed by atoms with Crippen molar-refractivity contribution in [3.63, 3.8) is 0 Å². The summed E-state index contributed by atoms with van der Waals surface area (Å²) in [5, 5.41) is 14.1. The van der Waals surface area contributed by atoms with Gasteiger partial charge in [0.15, 0.2) is 11.5 Å². The molecule has 2 aliphatic rings. The molecule has 4 bridgehead atoms. The van der Waals surface area contributed by atoms with Crippen LogP contribution in [0.1, 0.15) is 27.8 Å². The quantitative estimate of drug-likeness (QED) is 0.551. The number of nitrogens with zero attached hydrogens (tertiary/aromatic N) is 6. The number of ether oxygens (including phenoxy) is 3. The van der Waals surface area contributed by atoms with Crippen LogP contribution in [-0.2, 0) is 30.6 Å². The van der Waals surface area contributed by atoms with Gasteiger partial charge in [0.25, 0.3) is 11.7 Å². The summed E-state index contributed by atoms with van der Waals surface area (Å²) in [6, 6.07) is 4.36. The Kier molecular flexibility index (Phi) is 6.49. The molecule has 0 unspecified atom stereocenters. The Morgan fingerprint density at radius 1 is 1.28 bits per heavy atom. The van der Waals surface area contributed by atoms with Crippen molar-refractivity contribution in [3.05, 3.63) is 47.4 Å². The van der Waals surface area contributed by atoms with Gasteiger partial charge in [-0.15, -0.1) is 5.10 Å². The van der Waals surface area contributed by atoms with Gasteiger partial charge in [-0.2, -0.15) is 18.2 Å². The molecule has 192 valence electrons. The number of hydrogen-bond acceptors (Lipinski definition) is 10. The highest BCUT2D eigenvalue weighted by atomic mass is 19.4. The second-order valence-electron chi connectivity index (χ2n) is 8.32. The van der Waals surface area contributed by atoms with Crippen LogP contribution >= 0.6 is 0 Å². The molecular weight excluding hydrogens is 487 g/mol. The van der Waals surface area contributed by atoms with E-state index in [-0.39, 0.29) is 38.1 Å². The minimum atomic E-state index is -4.70. The summed E-state index contributed by atoms with van der Waals surface area (Å²) in [7, 11) is 1.50. The van der Waals surface area contributed by atoms with Crippen LogP contribution in [0.4, 0.5) is 13.2 Å². The first kappa shape index (κ1) is 24.0. The molecule has 2 atom stereocenters. The lowest BCUT2D eigenvalue weighted by Crippen LogP contribution is -2.44. The first-order valence-corrected chi connectivity index (χ1v) is 11.0. The molecule has 15 heteroatoms. The van der Waals surface area contributed by atoms with Crippen molar-refractivity contribution >= 4 is 5.91 Å². The van der Waals surface area contributed by atoms with Crippen molar-refractivity contribution in [3.8, 4) is 11.5 Å². The number of nitrogens with one attached hydrogen (secondary N) is 1. The molecule has 1 saturated heterocycles. The molecule has 1 fully saturated rings. The van der Waals surface area contributed by atoms with E-state index in [1.807, 2.05) is 0 Å². The molecule has 36 heavy (non-hydrogen) atoms. The average molecular weight is 509 g/mol. The number of alkyl halides is 3. The molecule has 0 saturated carbocycles. The van der Waals surface area contributed by atoms with Gasteiger partial charge < -0.3 is 24.1 Å². The van der Waals surface area contributed by atoms with Crippen LogP contribution in [-0.4, -0.2) is 74.9 Å². The maximum Gasteiger partial charge on any atom is 0.455 e. The maximum absolute atomic E-state index is 13.1. The summed E-state index contributed by atoms with van der Waals surface area (Å²) in [4.78, 5) is 18.3. The van der Waals surface area contributed by atoms with Gasteiger partial charge in [-0.05, 0) is 18.2 Å². The summed E-state index contributed by atoms with van der Waals surface area (Å²) in [6.45, 7) is 1.37. The molecule has 0 radical (unpaired) electrons. The van der Waals surface area contributed by atoms with E-state index in [1.165, 1.54) is 7.11 Å². The van der Waals surface area contributed by atoms with E-state index in [4.69, 9.17) is 18.7 Å². The fourth-order valence-corrected chi connectivity index (χ4v) is 4.05. The first-order valence-electron chi connectivity index (χ1n) is 11.0. The minimum absolute atomic E-state index is 0.0357. The average Bonchev–Trinajstić information content (AvgIpc) is 3.57. The zero-order chi connectivity index (χ0) is 25.3. The molecule has 2 aromatic heterocycles. The second-order valence-corrected chi connectivity index (χ2v) is 8.32. The van der Waals surface area contributed by atoms with Gasteiger partial charge >= 0.3 is 6.18 Å². The summed E-state index contributed by atoms with van der Waals surface area (Å²) in [6.07, 6.45) is -3.45. The summed E-state index contributed by atoms with van der Waals surface area (Å²) in [5.41, 5.74) is 0.935. The van der Waals surface area contributed by atoms with E-state index in [0.717, 1.165) is 0 Å². The van der Waals surface area contributed by atoms with Gasteiger partial charge in [0.1, 0.15) is 12.3 Å². The number of amides is 1. The van der Waals surface area contributed by atoms with Crippen molar-refractivity contribution in [2.75, 3.05) is 26.8 Å². The third-order valence-electron chi connectivity index (χ3n) is 5.77. The summed E-state index contributed by atoms with van der Waals surface area (Å²) < 4.78 is 62.0. The zero-order valence-electron chi connectivity index (χ0n) is 19.1. The van der Waals surface area contributed by atoms with Crippen molar-refractivity contribution in [2.24, 2.45) is 0 Å². The fourth-order valence-electron chi connectivity index (χ4n) is 4.05. The topological polar surface area (TPSA) is 130 Å². The number of carbonyl (C=O) groups excluding carboxylic acids is 1. The Morgan fingerprint density at radius 3 is 2.92 bits per heavy atom. The van der Waals surface area contributed by atoms with Crippen LogP contribution in [0.25, 0.3) is 0 Å². The van der Waals surface area contributed by atoms with Crippen LogP contribution in [0.2, 0.25) is 0 Å². The van der Waals surface area contributed by atoms with E-state index in [9.17, 15) is 18.0 Å². The molecule has 12 nitrogen and oxygen atoms in total. The summed E-state index contributed by atoms with van der Waals surface area (Å²) >= 11 is 0. The van der Waals surface area contributed by atoms with E-state index < -0.39 is 24.1 Å². The Hall–Kier alpha value is -3.72. The van der Waals surface area contributed by atoms with E-state index in [2.05, 4.69) is 25.8 Å². The maximum atomic E-state index is 13.1. The minimum Gasteiger partial charge on any atom is -0.493 e. The highest BCUT2D eigenvalue weighted by Crippen LogP contribution is 2.29. The van der Waals surface area contributed by atoms with Gasteiger partial charge in [-0.3, -0.25) is 9.69 Å². The number of methoxy groups -OCH3 is 1. The van der Waals surface area contributed by atoms with Crippen molar-refractivity contribution in [2.45, 2.75) is 38.0 Å². The molecule has 0 spiro atoms. The van der Waals surface area contributed by atoms with E-state index in [1.54, 1.807) is 34.0 Å². The van der Waals surface area contributed by atoms with Crippen molar-refractivity contribution < 1.29 is 36.7 Å². The molecular formula is C21H22F3N7O5. The lowest BCUT2D eigenvalue weighted by Gasteiger charge is -2.20. The Balaban J connectivity index is 1.37. The Bertz CT molecular complexity index is 1230. The third kappa shape index (κ3) is 5.26. The second kappa shape index (κ2) is 9.73. The van der Waals surface area contributed by atoms with E-state index in [0.29, 0.717) is 35.8 Å². The number of benzene rings is 1. The molecule has 4 heterocycles. The normalized spacial score (nSPS) is 21.2.